The lowest BCUT2D eigenvalue weighted by atomic mass is 9.94. The Balaban J connectivity index is 1.79. The summed E-state index contributed by atoms with van der Waals surface area (Å²) in [6.45, 7) is 2.21. The van der Waals surface area contributed by atoms with E-state index in [0.717, 1.165) is 24.5 Å². The lowest BCUT2D eigenvalue weighted by Crippen LogP contribution is -2.28. The highest BCUT2D eigenvalue weighted by Gasteiger charge is 2.16. The van der Waals surface area contributed by atoms with Crippen molar-refractivity contribution >= 4 is 0 Å². The maximum Gasteiger partial charge on any atom is 0.119 e. The summed E-state index contributed by atoms with van der Waals surface area (Å²) in [4.78, 5) is 0. The molecular formula is C15H19N3O. The van der Waals surface area contributed by atoms with Gasteiger partial charge in [-0.25, -0.2) is 4.68 Å². The van der Waals surface area contributed by atoms with Crippen molar-refractivity contribution in [3.05, 3.63) is 42.2 Å². The Morgan fingerprint density at radius 3 is 2.84 bits per heavy atom. The molecular weight excluding hydrogens is 238 g/mol. The van der Waals surface area contributed by atoms with Crippen LogP contribution in [0.2, 0.25) is 0 Å². The van der Waals surface area contributed by atoms with Crippen molar-refractivity contribution in [2.75, 3.05) is 20.2 Å². The van der Waals surface area contributed by atoms with Gasteiger partial charge in [-0.15, -0.1) is 0 Å². The van der Waals surface area contributed by atoms with Crippen LogP contribution in [0.25, 0.3) is 5.69 Å². The molecule has 1 unspecified atom stereocenters. The number of benzene rings is 1. The monoisotopic (exact) mass is 257 g/mol. The SMILES string of the molecule is COc1ccc(-n2cc(C3CCCNC3)cn2)cc1. The van der Waals surface area contributed by atoms with Crippen LogP contribution in [0.3, 0.4) is 0 Å². The number of aromatic nitrogens is 2. The van der Waals surface area contributed by atoms with Gasteiger partial charge in [0.15, 0.2) is 0 Å². The van der Waals surface area contributed by atoms with Crippen molar-refractivity contribution in [1.82, 2.24) is 15.1 Å². The number of hydrogen-bond donors (Lipinski definition) is 1. The van der Waals surface area contributed by atoms with Gasteiger partial charge < -0.3 is 10.1 Å². The summed E-state index contributed by atoms with van der Waals surface area (Å²) in [5.74, 6) is 1.47. The maximum atomic E-state index is 5.17. The highest BCUT2D eigenvalue weighted by molar-refractivity contribution is 5.37. The minimum Gasteiger partial charge on any atom is -0.497 e. The van der Waals surface area contributed by atoms with Gasteiger partial charge in [0.1, 0.15) is 5.75 Å². The smallest absolute Gasteiger partial charge is 0.119 e. The van der Waals surface area contributed by atoms with Gasteiger partial charge in [-0.2, -0.15) is 5.10 Å². The number of hydrogen-bond acceptors (Lipinski definition) is 3. The van der Waals surface area contributed by atoms with Gasteiger partial charge in [-0.05, 0) is 55.1 Å². The normalized spacial score (nSPS) is 19.3. The minimum atomic E-state index is 0.598. The van der Waals surface area contributed by atoms with E-state index < -0.39 is 0 Å². The van der Waals surface area contributed by atoms with Gasteiger partial charge in [-0.3, -0.25) is 0 Å². The predicted octanol–water partition coefficient (Wildman–Crippen LogP) is 2.35. The number of piperidine rings is 1. The zero-order chi connectivity index (χ0) is 13.1. The first-order valence-electron chi connectivity index (χ1n) is 6.76. The molecule has 1 aliphatic heterocycles. The molecule has 0 aliphatic carbocycles. The topological polar surface area (TPSA) is 39.1 Å². The summed E-state index contributed by atoms with van der Waals surface area (Å²) in [6, 6.07) is 7.96. The van der Waals surface area contributed by atoms with E-state index >= 15 is 0 Å². The van der Waals surface area contributed by atoms with E-state index in [2.05, 4.69) is 16.6 Å². The second-order valence-electron chi connectivity index (χ2n) is 4.96. The van der Waals surface area contributed by atoms with Crippen LogP contribution in [0, 0.1) is 0 Å². The zero-order valence-corrected chi connectivity index (χ0v) is 11.2. The van der Waals surface area contributed by atoms with Gasteiger partial charge in [0, 0.05) is 12.7 Å². The van der Waals surface area contributed by atoms with Crippen LogP contribution in [0.1, 0.15) is 24.3 Å². The van der Waals surface area contributed by atoms with Crippen LogP contribution in [-0.4, -0.2) is 30.0 Å². The second-order valence-corrected chi connectivity index (χ2v) is 4.96. The van der Waals surface area contributed by atoms with E-state index in [-0.39, 0.29) is 0 Å². The Morgan fingerprint density at radius 2 is 2.16 bits per heavy atom. The Labute approximate surface area is 113 Å². The molecule has 1 N–H and O–H groups in total. The molecule has 4 nitrogen and oxygen atoms in total. The molecule has 4 heteroatoms. The average Bonchev–Trinajstić information content (AvgIpc) is 2.98. The summed E-state index contributed by atoms with van der Waals surface area (Å²) in [5, 5.41) is 7.91. The van der Waals surface area contributed by atoms with E-state index in [1.807, 2.05) is 35.1 Å². The molecule has 2 aromatic rings. The Kier molecular flexibility index (Phi) is 3.51. The molecule has 100 valence electrons. The summed E-state index contributed by atoms with van der Waals surface area (Å²) in [6.07, 6.45) is 6.63. The van der Waals surface area contributed by atoms with Crippen molar-refractivity contribution in [1.29, 1.82) is 0 Å². The predicted molar refractivity (Wildman–Crippen MR) is 75.0 cm³/mol. The lowest BCUT2D eigenvalue weighted by molar-refractivity contribution is 0.414. The summed E-state index contributed by atoms with van der Waals surface area (Å²) in [7, 11) is 1.68. The number of nitrogens with one attached hydrogen (secondary N) is 1. The van der Waals surface area contributed by atoms with E-state index in [1.54, 1.807) is 7.11 Å². The molecule has 19 heavy (non-hydrogen) atoms. The molecule has 1 aromatic heterocycles. The lowest BCUT2D eigenvalue weighted by Gasteiger charge is -2.21. The van der Waals surface area contributed by atoms with Crippen molar-refractivity contribution in [3.63, 3.8) is 0 Å². The molecule has 3 rings (SSSR count). The van der Waals surface area contributed by atoms with E-state index in [9.17, 15) is 0 Å². The number of rotatable bonds is 3. The van der Waals surface area contributed by atoms with Crippen molar-refractivity contribution < 1.29 is 4.74 Å². The first-order chi connectivity index (χ1) is 9.36. The number of ether oxygens (including phenoxy) is 1. The molecule has 1 aromatic carbocycles. The molecule has 0 spiro atoms. The molecule has 1 aliphatic rings. The molecule has 0 amide bonds. The van der Waals surface area contributed by atoms with Crippen LogP contribution in [0.15, 0.2) is 36.7 Å². The van der Waals surface area contributed by atoms with Crippen molar-refractivity contribution in [3.8, 4) is 11.4 Å². The number of nitrogens with zero attached hydrogens (tertiary/aromatic N) is 2. The van der Waals surface area contributed by atoms with Gasteiger partial charge >= 0.3 is 0 Å². The standard InChI is InChI=1S/C15H19N3O/c1-19-15-6-4-14(5-7-15)18-11-13(10-17-18)12-3-2-8-16-9-12/h4-7,10-12,16H,2-3,8-9H2,1H3. The highest BCUT2D eigenvalue weighted by Crippen LogP contribution is 2.23. The average molecular weight is 257 g/mol. The van der Waals surface area contributed by atoms with Crippen LogP contribution < -0.4 is 10.1 Å². The van der Waals surface area contributed by atoms with Gasteiger partial charge in [-0.1, -0.05) is 0 Å². The van der Waals surface area contributed by atoms with Crippen molar-refractivity contribution in [2.24, 2.45) is 0 Å². The van der Waals surface area contributed by atoms with Gasteiger partial charge in [0.2, 0.25) is 0 Å². The molecule has 1 atom stereocenters. The van der Waals surface area contributed by atoms with Crippen LogP contribution in [0.4, 0.5) is 0 Å². The summed E-state index contributed by atoms with van der Waals surface area (Å²) < 4.78 is 7.10. The largest absolute Gasteiger partial charge is 0.497 e. The number of methoxy groups -OCH3 is 1. The maximum absolute atomic E-state index is 5.17. The summed E-state index contributed by atoms with van der Waals surface area (Å²) in [5.41, 5.74) is 2.39. The Bertz CT molecular complexity index is 527. The molecule has 2 heterocycles. The zero-order valence-electron chi connectivity index (χ0n) is 11.2. The molecule has 1 saturated heterocycles. The van der Waals surface area contributed by atoms with E-state index in [1.165, 1.54) is 18.4 Å². The Morgan fingerprint density at radius 1 is 1.32 bits per heavy atom. The van der Waals surface area contributed by atoms with E-state index in [0.29, 0.717) is 5.92 Å². The molecule has 0 radical (unpaired) electrons. The van der Waals surface area contributed by atoms with E-state index in [4.69, 9.17) is 4.74 Å². The third-order valence-electron chi connectivity index (χ3n) is 3.71. The fourth-order valence-electron chi connectivity index (χ4n) is 2.56. The second kappa shape index (κ2) is 5.45. The first-order valence-corrected chi connectivity index (χ1v) is 6.76. The van der Waals surface area contributed by atoms with Gasteiger partial charge in [0.05, 0.1) is 19.0 Å². The molecule has 0 bridgehead atoms. The quantitative estimate of drug-likeness (QED) is 0.917. The first kappa shape index (κ1) is 12.2. The highest BCUT2D eigenvalue weighted by atomic mass is 16.5. The van der Waals surface area contributed by atoms with Crippen LogP contribution in [0.5, 0.6) is 5.75 Å². The fraction of sp³-hybridized carbons (Fsp3) is 0.400. The van der Waals surface area contributed by atoms with Gasteiger partial charge in [0.25, 0.3) is 0 Å². The van der Waals surface area contributed by atoms with Crippen LogP contribution in [-0.2, 0) is 0 Å². The summed E-state index contributed by atoms with van der Waals surface area (Å²) >= 11 is 0. The Hall–Kier alpha value is -1.81. The third kappa shape index (κ3) is 2.63. The molecule has 1 fully saturated rings. The molecule has 0 saturated carbocycles. The fourth-order valence-corrected chi connectivity index (χ4v) is 2.56. The van der Waals surface area contributed by atoms with Crippen molar-refractivity contribution in [2.45, 2.75) is 18.8 Å². The van der Waals surface area contributed by atoms with Crippen LogP contribution >= 0.6 is 0 Å². The minimum absolute atomic E-state index is 0.598. The third-order valence-corrected chi connectivity index (χ3v) is 3.71.